The second-order valence-electron chi connectivity index (χ2n) is 6.96. The molecule has 12 heteroatoms. The van der Waals surface area contributed by atoms with Crippen molar-refractivity contribution in [2.75, 3.05) is 24.3 Å². The van der Waals surface area contributed by atoms with Crippen molar-refractivity contribution in [1.82, 2.24) is 9.36 Å². The third-order valence-electron chi connectivity index (χ3n) is 4.48. The molecule has 0 unspecified atom stereocenters. The lowest BCUT2D eigenvalue weighted by atomic mass is 10.1. The Balaban J connectivity index is 1.57. The molecule has 1 N–H and O–H groups in total. The van der Waals surface area contributed by atoms with Crippen LogP contribution in [0.4, 0.5) is 5.13 Å². The van der Waals surface area contributed by atoms with E-state index in [1.165, 1.54) is 13.0 Å². The minimum atomic E-state index is -3.60. The molecule has 0 aliphatic heterocycles. The molecule has 1 amide bonds. The second kappa shape index (κ2) is 12.3. The topological polar surface area (TPSA) is 131 Å². The van der Waals surface area contributed by atoms with E-state index < -0.39 is 15.7 Å². The Hall–Kier alpha value is -3.46. The van der Waals surface area contributed by atoms with Crippen LogP contribution >= 0.6 is 23.1 Å². The van der Waals surface area contributed by atoms with Gasteiger partial charge in [0.25, 0.3) is 11.1 Å². The van der Waals surface area contributed by atoms with Crippen molar-refractivity contribution in [1.29, 1.82) is 5.26 Å². The molecule has 3 rings (SSSR count). The van der Waals surface area contributed by atoms with Crippen molar-refractivity contribution >= 4 is 50.1 Å². The van der Waals surface area contributed by atoms with Crippen LogP contribution < -0.4 is 14.8 Å². The van der Waals surface area contributed by atoms with Crippen molar-refractivity contribution in [3.8, 4) is 17.6 Å². The van der Waals surface area contributed by atoms with E-state index in [0.717, 1.165) is 5.75 Å². The highest BCUT2D eigenvalue weighted by Crippen LogP contribution is 2.27. The lowest BCUT2D eigenvalue weighted by Crippen LogP contribution is -2.13. The number of nitriles is 1. The highest BCUT2D eigenvalue weighted by atomic mass is 35.5. The molecule has 0 bridgehead atoms. The standard InChI is InChI=1S/C23H21ClN4O5S2/c1-2-35(30,31)23-27-22(34-28-23)26-21(29)17(15-25)13-16-9-10-20(19(24)14-16)33-12-6-11-32-18-7-4-3-5-8-18/h3-5,7-10,13-14H,2,6,11-12H2,1H3,(H,26,27,28,29). The summed E-state index contributed by atoms with van der Waals surface area (Å²) in [6.07, 6.45) is 2.00. The Labute approximate surface area is 212 Å². The van der Waals surface area contributed by atoms with Crippen molar-refractivity contribution in [3.63, 3.8) is 0 Å². The average Bonchev–Trinajstić information content (AvgIpc) is 3.33. The molecule has 0 saturated heterocycles. The van der Waals surface area contributed by atoms with Crippen LogP contribution in [0.2, 0.25) is 5.02 Å². The summed E-state index contributed by atoms with van der Waals surface area (Å²) < 4.78 is 38.7. The third-order valence-corrected chi connectivity index (χ3v) is 7.02. The van der Waals surface area contributed by atoms with E-state index in [-0.39, 0.29) is 21.6 Å². The van der Waals surface area contributed by atoms with Gasteiger partial charge in [-0.1, -0.05) is 42.8 Å². The quantitative estimate of drug-likeness (QED) is 0.218. The normalized spacial score (nSPS) is 11.5. The Morgan fingerprint density at radius 1 is 1.20 bits per heavy atom. The van der Waals surface area contributed by atoms with Gasteiger partial charge in [-0.05, 0) is 35.9 Å². The summed E-state index contributed by atoms with van der Waals surface area (Å²) in [4.78, 5) is 16.3. The number of hydrogen-bond donors (Lipinski definition) is 1. The van der Waals surface area contributed by atoms with E-state index in [0.29, 0.717) is 47.5 Å². The number of benzene rings is 2. The van der Waals surface area contributed by atoms with Crippen LogP contribution in [0.5, 0.6) is 11.5 Å². The van der Waals surface area contributed by atoms with Gasteiger partial charge >= 0.3 is 0 Å². The fourth-order valence-corrected chi connectivity index (χ4v) is 4.49. The van der Waals surface area contributed by atoms with Crippen LogP contribution in [0, 0.1) is 11.3 Å². The first-order chi connectivity index (χ1) is 16.8. The van der Waals surface area contributed by atoms with E-state index in [4.69, 9.17) is 21.1 Å². The number of aromatic nitrogens is 2. The first-order valence-electron chi connectivity index (χ1n) is 10.4. The maximum absolute atomic E-state index is 12.5. The summed E-state index contributed by atoms with van der Waals surface area (Å²) in [6.45, 7) is 2.35. The SMILES string of the molecule is CCS(=O)(=O)c1nsc(NC(=O)C(C#N)=Cc2ccc(OCCCOc3ccccc3)c(Cl)c2)n1. The number of nitrogens with zero attached hydrogens (tertiary/aromatic N) is 3. The van der Waals surface area contributed by atoms with E-state index in [9.17, 15) is 18.5 Å². The number of sulfone groups is 1. The van der Waals surface area contributed by atoms with Gasteiger partial charge < -0.3 is 9.47 Å². The molecule has 1 heterocycles. The van der Waals surface area contributed by atoms with Gasteiger partial charge in [-0.3, -0.25) is 10.1 Å². The lowest BCUT2D eigenvalue weighted by Gasteiger charge is -2.10. The van der Waals surface area contributed by atoms with E-state index in [2.05, 4.69) is 14.7 Å². The number of carbonyl (C=O) groups is 1. The number of halogens is 1. The average molecular weight is 533 g/mol. The van der Waals surface area contributed by atoms with Crippen LogP contribution in [0.15, 0.2) is 59.3 Å². The van der Waals surface area contributed by atoms with Crippen LogP contribution in [-0.4, -0.2) is 42.6 Å². The molecule has 0 aliphatic carbocycles. The summed E-state index contributed by atoms with van der Waals surface area (Å²) in [5.74, 6) is 0.336. The molecule has 0 aliphatic rings. The first kappa shape index (κ1) is 26.2. The molecule has 2 aromatic carbocycles. The zero-order valence-corrected chi connectivity index (χ0v) is 21.0. The molecule has 182 valence electrons. The number of rotatable bonds is 11. The zero-order valence-electron chi connectivity index (χ0n) is 18.6. The van der Waals surface area contributed by atoms with Gasteiger partial charge in [0.1, 0.15) is 23.1 Å². The van der Waals surface area contributed by atoms with Crippen molar-refractivity contribution < 1.29 is 22.7 Å². The summed E-state index contributed by atoms with van der Waals surface area (Å²) in [7, 11) is -3.60. The summed E-state index contributed by atoms with van der Waals surface area (Å²) >= 11 is 7.00. The van der Waals surface area contributed by atoms with E-state index >= 15 is 0 Å². The van der Waals surface area contributed by atoms with Gasteiger partial charge in [0.15, 0.2) is 0 Å². The maximum atomic E-state index is 12.5. The number of para-hydroxylation sites is 1. The molecule has 0 fully saturated rings. The van der Waals surface area contributed by atoms with Gasteiger partial charge in [0, 0.05) is 18.0 Å². The molecule has 0 saturated carbocycles. The first-order valence-corrected chi connectivity index (χ1v) is 13.2. The van der Waals surface area contributed by atoms with E-state index in [1.54, 1.807) is 18.2 Å². The fraction of sp³-hybridized carbons (Fsp3) is 0.217. The number of anilines is 1. The summed E-state index contributed by atoms with van der Waals surface area (Å²) in [5, 5.41) is 11.7. The zero-order chi connectivity index (χ0) is 25.3. The molecule has 0 atom stereocenters. The molecular weight excluding hydrogens is 512 g/mol. The summed E-state index contributed by atoms with van der Waals surface area (Å²) in [6, 6.07) is 16.1. The number of amides is 1. The molecule has 9 nitrogen and oxygen atoms in total. The number of nitrogens with one attached hydrogen (secondary N) is 1. The molecule has 0 spiro atoms. The molecule has 1 aromatic heterocycles. The number of ether oxygens (including phenoxy) is 2. The van der Waals surface area contributed by atoms with Crippen molar-refractivity contribution in [3.05, 3.63) is 64.7 Å². The molecule has 3 aromatic rings. The van der Waals surface area contributed by atoms with Crippen LogP contribution in [0.3, 0.4) is 0 Å². The van der Waals surface area contributed by atoms with Crippen molar-refractivity contribution in [2.24, 2.45) is 0 Å². The van der Waals surface area contributed by atoms with Gasteiger partial charge in [-0.15, -0.1) is 0 Å². The molecule has 35 heavy (non-hydrogen) atoms. The second-order valence-corrected chi connectivity index (χ2v) is 10.3. The lowest BCUT2D eigenvalue weighted by molar-refractivity contribution is -0.112. The minimum Gasteiger partial charge on any atom is -0.493 e. The van der Waals surface area contributed by atoms with Gasteiger partial charge in [0.2, 0.25) is 15.0 Å². The maximum Gasteiger partial charge on any atom is 0.268 e. The Kier molecular flexibility index (Phi) is 9.19. The van der Waals surface area contributed by atoms with Crippen LogP contribution in [0.25, 0.3) is 6.08 Å². The highest BCUT2D eigenvalue weighted by Gasteiger charge is 2.20. The Morgan fingerprint density at radius 3 is 2.63 bits per heavy atom. The molecular formula is C23H21ClN4O5S2. The van der Waals surface area contributed by atoms with Crippen LogP contribution in [0.1, 0.15) is 18.9 Å². The number of carbonyl (C=O) groups excluding carboxylic acids is 1. The highest BCUT2D eigenvalue weighted by molar-refractivity contribution is 7.91. The Bertz CT molecular complexity index is 1350. The van der Waals surface area contributed by atoms with Gasteiger partial charge in [-0.25, -0.2) is 8.42 Å². The van der Waals surface area contributed by atoms with Crippen LogP contribution in [-0.2, 0) is 14.6 Å². The molecule has 0 radical (unpaired) electrons. The van der Waals surface area contributed by atoms with Crippen molar-refractivity contribution in [2.45, 2.75) is 18.5 Å². The Morgan fingerprint density at radius 2 is 1.94 bits per heavy atom. The monoisotopic (exact) mass is 532 g/mol. The predicted octanol–water partition coefficient (Wildman–Crippen LogP) is 4.38. The van der Waals surface area contributed by atoms with E-state index in [1.807, 2.05) is 36.4 Å². The summed E-state index contributed by atoms with van der Waals surface area (Å²) in [5.41, 5.74) is 0.288. The largest absolute Gasteiger partial charge is 0.493 e. The smallest absolute Gasteiger partial charge is 0.268 e. The number of hydrogen-bond acceptors (Lipinski definition) is 9. The third kappa shape index (κ3) is 7.51. The minimum absolute atomic E-state index is 0.0267. The van der Waals surface area contributed by atoms with Gasteiger partial charge in [0.05, 0.1) is 24.0 Å². The fourth-order valence-electron chi connectivity index (χ4n) is 2.67. The predicted molar refractivity (Wildman–Crippen MR) is 133 cm³/mol. The van der Waals surface area contributed by atoms with Gasteiger partial charge in [-0.2, -0.15) is 14.6 Å².